The van der Waals surface area contributed by atoms with Gasteiger partial charge in [0.2, 0.25) is 0 Å². The Balaban J connectivity index is 2.70. The lowest BCUT2D eigenvalue weighted by Gasteiger charge is -2.23. The van der Waals surface area contributed by atoms with E-state index in [2.05, 4.69) is 10.3 Å². The Morgan fingerprint density at radius 1 is 1.44 bits per heavy atom. The molecule has 0 spiro atoms. The maximum atomic E-state index is 11.7. The standard InChI is InChI=1S/C11H16N2O3/c1-7(2)9(11(15)16)13-10(14)8-4-3-5-12-6-8/h3-7,9,11,15-16H,1-2H3,(H,13,14). The molecule has 5 heteroatoms. The molecular weight excluding hydrogens is 208 g/mol. The number of rotatable bonds is 4. The van der Waals surface area contributed by atoms with E-state index in [0.717, 1.165) is 0 Å². The topological polar surface area (TPSA) is 82.5 Å². The second-order valence-electron chi connectivity index (χ2n) is 3.90. The Bertz CT molecular complexity index is 330. The molecule has 1 unspecified atom stereocenters. The van der Waals surface area contributed by atoms with E-state index in [1.165, 1.54) is 6.20 Å². The second-order valence-corrected chi connectivity index (χ2v) is 3.90. The number of hydrogen-bond donors (Lipinski definition) is 3. The van der Waals surface area contributed by atoms with Crippen LogP contribution in [0.5, 0.6) is 0 Å². The molecule has 1 atom stereocenters. The number of pyridine rings is 1. The summed E-state index contributed by atoms with van der Waals surface area (Å²) in [5.41, 5.74) is 0.397. The van der Waals surface area contributed by atoms with Crippen LogP contribution in [0.2, 0.25) is 0 Å². The second kappa shape index (κ2) is 5.58. The van der Waals surface area contributed by atoms with Crippen LogP contribution in [0.4, 0.5) is 0 Å². The molecule has 5 nitrogen and oxygen atoms in total. The molecule has 0 saturated heterocycles. The zero-order chi connectivity index (χ0) is 12.1. The Hall–Kier alpha value is -1.46. The Kier molecular flexibility index (Phi) is 4.39. The molecule has 0 fully saturated rings. The lowest BCUT2D eigenvalue weighted by Crippen LogP contribution is -2.46. The molecule has 1 aromatic heterocycles. The van der Waals surface area contributed by atoms with E-state index in [-0.39, 0.29) is 11.8 Å². The van der Waals surface area contributed by atoms with Crippen molar-refractivity contribution in [3.63, 3.8) is 0 Å². The van der Waals surface area contributed by atoms with Gasteiger partial charge in [-0.05, 0) is 18.1 Å². The average molecular weight is 224 g/mol. The molecule has 0 aliphatic rings. The SMILES string of the molecule is CC(C)C(NC(=O)c1cccnc1)C(O)O. The predicted octanol–water partition coefficient (Wildman–Crippen LogP) is 0.147. The molecule has 0 bridgehead atoms. The average Bonchev–Trinajstić information content (AvgIpc) is 2.25. The summed E-state index contributed by atoms with van der Waals surface area (Å²) in [5.74, 6) is -0.430. The monoisotopic (exact) mass is 224 g/mol. The summed E-state index contributed by atoms with van der Waals surface area (Å²) in [6.07, 6.45) is 1.43. The highest BCUT2D eigenvalue weighted by atomic mass is 16.5. The largest absolute Gasteiger partial charge is 0.366 e. The first-order valence-corrected chi connectivity index (χ1v) is 5.09. The quantitative estimate of drug-likeness (QED) is 0.636. The van der Waals surface area contributed by atoms with Gasteiger partial charge in [-0.1, -0.05) is 13.8 Å². The Morgan fingerprint density at radius 2 is 2.12 bits per heavy atom. The first kappa shape index (κ1) is 12.6. The summed E-state index contributed by atoms with van der Waals surface area (Å²) in [4.78, 5) is 15.5. The van der Waals surface area contributed by atoms with E-state index in [1.807, 2.05) is 0 Å². The highest BCUT2D eigenvalue weighted by molar-refractivity contribution is 5.94. The van der Waals surface area contributed by atoms with Crippen molar-refractivity contribution in [1.82, 2.24) is 10.3 Å². The van der Waals surface area contributed by atoms with Crippen LogP contribution < -0.4 is 5.32 Å². The number of nitrogens with zero attached hydrogens (tertiary/aromatic N) is 1. The molecule has 1 aromatic rings. The van der Waals surface area contributed by atoms with Crippen molar-refractivity contribution in [2.75, 3.05) is 0 Å². The van der Waals surface area contributed by atoms with Gasteiger partial charge in [-0.3, -0.25) is 9.78 Å². The van der Waals surface area contributed by atoms with Gasteiger partial charge in [0.1, 0.15) is 0 Å². The first-order chi connectivity index (χ1) is 7.52. The number of hydrogen-bond acceptors (Lipinski definition) is 4. The molecule has 0 radical (unpaired) electrons. The molecule has 88 valence electrons. The van der Waals surface area contributed by atoms with Crippen molar-refractivity contribution in [2.24, 2.45) is 5.92 Å². The molecule has 1 amide bonds. The van der Waals surface area contributed by atoms with Crippen molar-refractivity contribution in [1.29, 1.82) is 0 Å². The first-order valence-electron chi connectivity index (χ1n) is 5.09. The van der Waals surface area contributed by atoms with E-state index in [4.69, 9.17) is 10.2 Å². The number of carbonyl (C=O) groups excluding carboxylic acids is 1. The number of nitrogens with one attached hydrogen (secondary N) is 1. The summed E-state index contributed by atoms with van der Waals surface area (Å²) in [7, 11) is 0. The normalized spacial score (nSPS) is 12.9. The summed E-state index contributed by atoms with van der Waals surface area (Å²) < 4.78 is 0. The molecule has 0 aliphatic carbocycles. The minimum atomic E-state index is -1.57. The summed E-state index contributed by atoms with van der Waals surface area (Å²) in [6.45, 7) is 3.60. The van der Waals surface area contributed by atoms with Gasteiger partial charge in [0.25, 0.3) is 5.91 Å². The highest BCUT2D eigenvalue weighted by Crippen LogP contribution is 2.06. The van der Waals surface area contributed by atoms with Gasteiger partial charge in [-0.25, -0.2) is 0 Å². The fourth-order valence-electron chi connectivity index (χ4n) is 1.32. The fourth-order valence-corrected chi connectivity index (χ4v) is 1.32. The van der Waals surface area contributed by atoms with Gasteiger partial charge in [0, 0.05) is 12.4 Å². The van der Waals surface area contributed by atoms with Crippen LogP contribution in [0, 0.1) is 5.92 Å². The maximum Gasteiger partial charge on any atom is 0.253 e. The Morgan fingerprint density at radius 3 is 2.56 bits per heavy atom. The van der Waals surface area contributed by atoms with Gasteiger partial charge in [0.05, 0.1) is 11.6 Å². The van der Waals surface area contributed by atoms with Crippen molar-refractivity contribution in [3.05, 3.63) is 30.1 Å². The Labute approximate surface area is 94.1 Å². The number of carbonyl (C=O) groups is 1. The van der Waals surface area contributed by atoms with Gasteiger partial charge in [-0.15, -0.1) is 0 Å². The summed E-state index contributed by atoms with van der Waals surface area (Å²) in [5, 5.41) is 20.8. The molecule has 3 N–H and O–H groups in total. The molecular formula is C11H16N2O3. The number of aliphatic hydroxyl groups excluding tert-OH is 1. The van der Waals surface area contributed by atoms with Crippen molar-refractivity contribution in [2.45, 2.75) is 26.2 Å². The zero-order valence-corrected chi connectivity index (χ0v) is 9.29. The van der Waals surface area contributed by atoms with Crippen molar-refractivity contribution in [3.8, 4) is 0 Å². The number of aliphatic hydroxyl groups is 2. The van der Waals surface area contributed by atoms with Crippen LogP contribution >= 0.6 is 0 Å². The van der Waals surface area contributed by atoms with Gasteiger partial charge >= 0.3 is 0 Å². The zero-order valence-electron chi connectivity index (χ0n) is 9.29. The lowest BCUT2D eigenvalue weighted by molar-refractivity contribution is -0.0751. The van der Waals surface area contributed by atoms with Crippen molar-refractivity contribution < 1.29 is 15.0 Å². The van der Waals surface area contributed by atoms with E-state index >= 15 is 0 Å². The van der Waals surface area contributed by atoms with E-state index in [9.17, 15) is 4.79 Å². The summed E-state index contributed by atoms with van der Waals surface area (Å²) >= 11 is 0. The van der Waals surface area contributed by atoms with Crippen LogP contribution in [-0.4, -0.2) is 33.4 Å². The van der Waals surface area contributed by atoms with Gasteiger partial charge < -0.3 is 15.5 Å². The molecule has 16 heavy (non-hydrogen) atoms. The third-order valence-electron chi connectivity index (χ3n) is 2.26. The van der Waals surface area contributed by atoms with Crippen LogP contribution in [0.1, 0.15) is 24.2 Å². The fraction of sp³-hybridized carbons (Fsp3) is 0.455. The smallest absolute Gasteiger partial charge is 0.253 e. The molecule has 0 aliphatic heterocycles. The van der Waals surface area contributed by atoms with E-state index < -0.39 is 12.3 Å². The molecule has 0 saturated carbocycles. The van der Waals surface area contributed by atoms with Gasteiger partial charge in [0.15, 0.2) is 6.29 Å². The van der Waals surface area contributed by atoms with Gasteiger partial charge in [-0.2, -0.15) is 0 Å². The van der Waals surface area contributed by atoms with Crippen LogP contribution in [-0.2, 0) is 0 Å². The third kappa shape index (κ3) is 3.29. The molecule has 0 aromatic carbocycles. The minimum absolute atomic E-state index is 0.0689. The number of amides is 1. The van der Waals surface area contributed by atoms with E-state index in [0.29, 0.717) is 5.56 Å². The van der Waals surface area contributed by atoms with Crippen LogP contribution in [0.15, 0.2) is 24.5 Å². The minimum Gasteiger partial charge on any atom is -0.366 e. The molecule has 1 rings (SSSR count). The predicted molar refractivity (Wildman–Crippen MR) is 58.6 cm³/mol. The maximum absolute atomic E-state index is 11.7. The van der Waals surface area contributed by atoms with Crippen LogP contribution in [0.25, 0.3) is 0 Å². The summed E-state index contributed by atoms with van der Waals surface area (Å²) in [6, 6.07) is 2.57. The molecule has 1 heterocycles. The van der Waals surface area contributed by atoms with Crippen LogP contribution in [0.3, 0.4) is 0 Å². The lowest BCUT2D eigenvalue weighted by atomic mass is 10.0. The van der Waals surface area contributed by atoms with E-state index in [1.54, 1.807) is 32.2 Å². The highest BCUT2D eigenvalue weighted by Gasteiger charge is 2.23. The number of aromatic nitrogens is 1. The third-order valence-corrected chi connectivity index (χ3v) is 2.26. The van der Waals surface area contributed by atoms with Crippen molar-refractivity contribution >= 4 is 5.91 Å².